The van der Waals surface area contributed by atoms with Crippen LogP contribution in [-0.4, -0.2) is 30.4 Å². The minimum atomic E-state index is -3.92. The summed E-state index contributed by atoms with van der Waals surface area (Å²) in [5.74, 6) is -1.52. The Balaban J connectivity index is 0.000000206. The van der Waals surface area contributed by atoms with Gasteiger partial charge >= 0.3 is 20.4 Å². The molecule has 0 saturated carbocycles. The van der Waals surface area contributed by atoms with Crippen LogP contribution in [0.15, 0.2) is 102 Å². The van der Waals surface area contributed by atoms with Gasteiger partial charge in [-0.1, -0.05) is 79.2 Å². The molecule has 0 spiro atoms. The van der Waals surface area contributed by atoms with Crippen molar-refractivity contribution in [3.8, 4) is 11.4 Å². The Morgan fingerprint density at radius 2 is 1.22 bits per heavy atom. The van der Waals surface area contributed by atoms with Gasteiger partial charge in [0.25, 0.3) is 0 Å². The summed E-state index contributed by atoms with van der Waals surface area (Å²) in [6.45, 7) is 2.97. The number of hydrogen-bond donors (Lipinski definition) is 0. The summed E-state index contributed by atoms with van der Waals surface area (Å²) in [6, 6.07) is 29.1. The van der Waals surface area contributed by atoms with E-state index in [2.05, 4.69) is 39.0 Å². The molecule has 0 N–H and O–H groups in total. The first-order chi connectivity index (χ1) is 17.2. The monoisotopic (exact) mass is 603 g/mol. The summed E-state index contributed by atoms with van der Waals surface area (Å²) in [6.07, 6.45) is 0. The van der Waals surface area contributed by atoms with Gasteiger partial charge in [0, 0.05) is 21.6 Å². The Hall–Kier alpha value is -3.48. The second-order valence-electron chi connectivity index (χ2n) is 8.17. The maximum atomic E-state index is 11.6. The summed E-state index contributed by atoms with van der Waals surface area (Å²) < 4.78 is 26.4. The van der Waals surface area contributed by atoms with E-state index in [9.17, 15) is 18.3 Å². The zero-order valence-electron chi connectivity index (χ0n) is 20.0. The predicted octanol–water partition coefficient (Wildman–Crippen LogP) is 4.64. The average molecular weight is 604 g/mol. The molecule has 0 aliphatic rings. The third-order valence-electron chi connectivity index (χ3n) is 5.42. The molecule has 7 nitrogen and oxygen atoms in total. The average Bonchev–Trinajstić information content (AvgIpc) is 2.88. The maximum absolute atomic E-state index is 11.6. The molecule has 2 aromatic heterocycles. The number of nitrogens with zero attached hydrogens (tertiary/aromatic N) is 3. The fourth-order valence-corrected chi connectivity index (χ4v) is 4.54. The van der Waals surface area contributed by atoms with Crippen molar-refractivity contribution in [2.75, 3.05) is 0 Å². The largest absolute Gasteiger partial charge is 2.00 e. The van der Waals surface area contributed by atoms with Gasteiger partial charge in [0.05, 0.1) is 22.4 Å². The van der Waals surface area contributed by atoms with E-state index in [0.29, 0.717) is 0 Å². The molecule has 0 aliphatic carbocycles. The summed E-state index contributed by atoms with van der Waals surface area (Å²) in [7, 11) is -3.92. The van der Waals surface area contributed by atoms with E-state index in [1.165, 1.54) is 12.1 Å². The van der Waals surface area contributed by atoms with Crippen LogP contribution in [-0.2, 0) is 35.2 Å². The number of fused-ring (bicyclic) bond motifs is 2. The van der Waals surface area contributed by atoms with E-state index in [-0.39, 0.29) is 25.3 Å². The van der Waals surface area contributed by atoms with Crippen molar-refractivity contribution >= 4 is 37.8 Å². The van der Waals surface area contributed by atoms with Crippen molar-refractivity contribution in [2.24, 2.45) is 0 Å². The zero-order valence-corrected chi connectivity index (χ0v) is 22.4. The molecule has 190 valence electrons. The van der Waals surface area contributed by atoms with E-state index in [4.69, 9.17) is 0 Å². The summed E-state index contributed by atoms with van der Waals surface area (Å²) in [4.78, 5) is 19.8. The molecule has 5 rings (SSSR count). The topological polar surface area (TPSA) is 114 Å². The number of para-hydroxylation sites is 2. The molecule has 2 heterocycles. The number of rotatable bonds is 5. The molecule has 1 atom stereocenters. The number of sulfonamides is 1. The zero-order chi connectivity index (χ0) is 25.7. The fraction of sp³-hybridized carbons (Fsp3) is 0.107. The number of aromatic nitrogens is 2. The second kappa shape index (κ2) is 12.2. The SMILES string of the molecule is Cc1ccc(S(=O)(=O)[N-]C(C)C(=O)[O-])cc1.[Pd+2].c1ccc2nc(-c3ccc4ccccc4n3)ccc2c1. The van der Waals surface area contributed by atoms with Gasteiger partial charge in [-0.05, 0) is 43.3 Å². The van der Waals surface area contributed by atoms with Crippen LogP contribution in [0.25, 0.3) is 37.9 Å². The van der Waals surface area contributed by atoms with Gasteiger partial charge < -0.3 is 14.6 Å². The number of pyridine rings is 2. The summed E-state index contributed by atoms with van der Waals surface area (Å²) in [5, 5.41) is 12.7. The molecule has 37 heavy (non-hydrogen) atoms. The summed E-state index contributed by atoms with van der Waals surface area (Å²) in [5.41, 5.74) is 4.73. The van der Waals surface area contributed by atoms with Crippen LogP contribution in [0.3, 0.4) is 0 Å². The molecule has 0 bridgehead atoms. The number of carbonyl (C=O) groups is 1. The maximum Gasteiger partial charge on any atom is 2.00 e. The molecule has 0 fully saturated rings. The molecule has 1 unspecified atom stereocenters. The summed E-state index contributed by atoms with van der Waals surface area (Å²) >= 11 is 0. The second-order valence-corrected chi connectivity index (χ2v) is 9.80. The molecule has 9 heteroatoms. The quantitative estimate of drug-likeness (QED) is 0.270. The van der Waals surface area contributed by atoms with Gasteiger partial charge in [-0.2, -0.15) is 0 Å². The first-order valence-electron chi connectivity index (χ1n) is 11.2. The molecule has 0 aliphatic heterocycles. The van der Waals surface area contributed by atoms with Crippen molar-refractivity contribution < 1.29 is 38.7 Å². The third kappa shape index (κ3) is 7.06. The molecule has 3 aromatic carbocycles. The Morgan fingerprint density at radius 1 is 0.757 bits per heavy atom. The van der Waals surface area contributed by atoms with Crippen molar-refractivity contribution in [1.82, 2.24) is 9.97 Å². The Bertz CT molecular complexity index is 1560. The van der Waals surface area contributed by atoms with Gasteiger partial charge in [-0.15, -0.1) is 0 Å². The predicted molar refractivity (Wildman–Crippen MR) is 139 cm³/mol. The number of carboxylic acids is 1. The van der Waals surface area contributed by atoms with Crippen LogP contribution < -0.4 is 5.11 Å². The van der Waals surface area contributed by atoms with E-state index in [1.807, 2.05) is 55.5 Å². The van der Waals surface area contributed by atoms with E-state index in [0.717, 1.165) is 45.7 Å². The van der Waals surface area contributed by atoms with Crippen molar-refractivity contribution in [1.29, 1.82) is 0 Å². The van der Waals surface area contributed by atoms with Crippen LogP contribution in [0.4, 0.5) is 0 Å². The molecular formula is C28H23N3O4PdS. The van der Waals surface area contributed by atoms with Crippen LogP contribution in [0, 0.1) is 6.92 Å². The smallest absolute Gasteiger partial charge is 0.552 e. The van der Waals surface area contributed by atoms with E-state index < -0.39 is 22.0 Å². The number of aryl methyl sites for hydroxylation is 1. The minimum absolute atomic E-state index is 0. The van der Waals surface area contributed by atoms with E-state index in [1.54, 1.807) is 12.1 Å². The van der Waals surface area contributed by atoms with Crippen molar-refractivity contribution in [2.45, 2.75) is 24.8 Å². The molecular weight excluding hydrogens is 581 g/mol. The Labute approximate surface area is 229 Å². The van der Waals surface area contributed by atoms with Crippen molar-refractivity contribution in [3.63, 3.8) is 0 Å². The van der Waals surface area contributed by atoms with Crippen molar-refractivity contribution in [3.05, 3.63) is 107 Å². The third-order valence-corrected chi connectivity index (χ3v) is 6.88. The van der Waals surface area contributed by atoms with Crippen LogP contribution in [0.1, 0.15) is 12.5 Å². The van der Waals surface area contributed by atoms with Gasteiger partial charge in [-0.25, -0.2) is 18.4 Å². The first kappa shape index (κ1) is 28.1. The van der Waals surface area contributed by atoms with Gasteiger partial charge in [0.15, 0.2) is 0 Å². The fourth-order valence-electron chi connectivity index (χ4n) is 3.44. The van der Waals surface area contributed by atoms with Gasteiger partial charge in [0.1, 0.15) is 10.0 Å². The van der Waals surface area contributed by atoms with Crippen LogP contribution in [0.5, 0.6) is 0 Å². The molecule has 0 saturated heterocycles. The standard InChI is InChI=1S/C18H12N2.C10H12NO4S.Pd/c1-3-7-15-13(5-1)9-11-17(19-15)18-12-10-14-6-2-4-8-16(14)20-18;1-7-3-5-9(6-4-7)16(14,15)11-8(2)10(12)13;/h1-12H;3-6,8H,1-2H3,(H,12,13);/q;-1;+2/p-1. The number of carboxylic acid groups (broad SMARTS) is 1. The number of benzene rings is 3. The Morgan fingerprint density at radius 3 is 1.68 bits per heavy atom. The van der Waals surface area contributed by atoms with Crippen LogP contribution in [0.2, 0.25) is 0 Å². The first-order valence-corrected chi connectivity index (χ1v) is 12.6. The number of carbonyl (C=O) groups excluding carboxylic acids is 1. The van der Waals surface area contributed by atoms with Crippen LogP contribution >= 0.6 is 0 Å². The molecule has 0 radical (unpaired) electrons. The number of hydrogen-bond acceptors (Lipinski definition) is 6. The van der Waals surface area contributed by atoms with Gasteiger partial charge in [-0.3, -0.25) is 0 Å². The normalized spacial score (nSPS) is 11.7. The van der Waals surface area contributed by atoms with Gasteiger partial charge in [0.2, 0.25) is 0 Å². The molecule has 5 aromatic rings. The number of aliphatic carboxylic acids is 1. The molecule has 0 amide bonds. The van der Waals surface area contributed by atoms with E-state index >= 15 is 0 Å². The minimum Gasteiger partial charge on any atom is -0.552 e. The Kier molecular flexibility index (Phi) is 9.25.